The number of hydrogen-bond acceptors (Lipinski definition) is 2. The Morgan fingerprint density at radius 2 is 1.39 bits per heavy atom. The number of likely N-dealkylation sites (tertiary alicyclic amines) is 2. The van der Waals surface area contributed by atoms with Crippen molar-refractivity contribution >= 4 is 0 Å². The van der Waals surface area contributed by atoms with Crippen LogP contribution < -0.4 is 0 Å². The summed E-state index contributed by atoms with van der Waals surface area (Å²) in [6.45, 7) is 15.0. The molecular formula is C16H32N2. The van der Waals surface area contributed by atoms with E-state index in [1.54, 1.807) is 0 Å². The van der Waals surface area contributed by atoms with Crippen molar-refractivity contribution < 1.29 is 0 Å². The average Bonchev–Trinajstić information content (AvgIpc) is 2.35. The van der Waals surface area contributed by atoms with Crippen LogP contribution in [0.3, 0.4) is 0 Å². The molecule has 0 saturated carbocycles. The van der Waals surface area contributed by atoms with Gasteiger partial charge in [-0.1, -0.05) is 20.8 Å². The molecule has 0 radical (unpaired) electrons. The molecule has 0 aromatic rings. The molecule has 106 valence electrons. The average molecular weight is 252 g/mol. The lowest BCUT2D eigenvalue weighted by Gasteiger charge is -2.47. The van der Waals surface area contributed by atoms with Gasteiger partial charge in [0.2, 0.25) is 0 Å². The molecule has 0 bridgehead atoms. The number of nitrogens with zero attached hydrogens (tertiary/aromatic N) is 2. The second-order valence-corrected chi connectivity index (χ2v) is 7.04. The molecule has 0 atom stereocenters. The van der Waals surface area contributed by atoms with Crippen LogP contribution in [-0.4, -0.2) is 49.1 Å². The molecule has 0 aliphatic carbocycles. The van der Waals surface area contributed by atoms with Crippen LogP contribution in [-0.2, 0) is 0 Å². The molecule has 2 aliphatic rings. The quantitative estimate of drug-likeness (QED) is 0.758. The summed E-state index contributed by atoms with van der Waals surface area (Å²) < 4.78 is 0. The first-order chi connectivity index (χ1) is 8.63. The van der Waals surface area contributed by atoms with Crippen LogP contribution >= 0.6 is 0 Å². The lowest BCUT2D eigenvalue weighted by molar-refractivity contribution is 0.0316. The zero-order valence-electron chi connectivity index (χ0n) is 12.7. The maximum Gasteiger partial charge on any atom is 0.000439 e. The van der Waals surface area contributed by atoms with Gasteiger partial charge in [0.25, 0.3) is 0 Å². The molecule has 2 heterocycles. The Morgan fingerprint density at radius 1 is 0.889 bits per heavy atom. The third-order valence-electron chi connectivity index (χ3n) is 5.00. The van der Waals surface area contributed by atoms with Gasteiger partial charge in [-0.2, -0.15) is 0 Å². The Labute approximate surface area is 114 Å². The van der Waals surface area contributed by atoms with E-state index < -0.39 is 0 Å². The molecule has 0 N–H and O–H groups in total. The Kier molecular flexibility index (Phi) is 5.08. The molecular weight excluding hydrogens is 220 g/mol. The van der Waals surface area contributed by atoms with E-state index >= 15 is 0 Å². The minimum atomic E-state index is 0.720. The molecule has 2 aliphatic heterocycles. The maximum atomic E-state index is 2.69. The van der Waals surface area contributed by atoms with Crippen LogP contribution in [0.2, 0.25) is 0 Å². The number of hydrogen-bond donors (Lipinski definition) is 0. The van der Waals surface area contributed by atoms with E-state index in [9.17, 15) is 0 Å². The molecule has 0 aromatic carbocycles. The highest BCUT2D eigenvalue weighted by Crippen LogP contribution is 2.41. The van der Waals surface area contributed by atoms with Gasteiger partial charge in [-0.15, -0.1) is 0 Å². The van der Waals surface area contributed by atoms with Gasteiger partial charge in [-0.25, -0.2) is 0 Å². The third kappa shape index (κ3) is 3.71. The highest BCUT2D eigenvalue weighted by atomic mass is 15.1. The normalized spacial score (nSPS) is 26.0. The fourth-order valence-electron chi connectivity index (χ4n) is 3.79. The molecule has 0 unspecified atom stereocenters. The van der Waals surface area contributed by atoms with Crippen molar-refractivity contribution in [3.63, 3.8) is 0 Å². The van der Waals surface area contributed by atoms with Gasteiger partial charge in [-0.05, 0) is 76.2 Å². The van der Waals surface area contributed by atoms with Gasteiger partial charge in [0.1, 0.15) is 0 Å². The summed E-state index contributed by atoms with van der Waals surface area (Å²) in [6.07, 6.45) is 7.15. The smallest absolute Gasteiger partial charge is 0.000439 e. The topological polar surface area (TPSA) is 6.48 Å². The van der Waals surface area contributed by atoms with E-state index in [2.05, 4.69) is 30.6 Å². The second-order valence-electron chi connectivity index (χ2n) is 7.04. The minimum Gasteiger partial charge on any atom is -0.303 e. The van der Waals surface area contributed by atoms with E-state index in [1.807, 2.05) is 0 Å². The van der Waals surface area contributed by atoms with Gasteiger partial charge in [-0.3, -0.25) is 0 Å². The minimum absolute atomic E-state index is 0.720. The summed E-state index contributed by atoms with van der Waals surface area (Å²) in [5.41, 5.74) is 0.720. The third-order valence-corrected chi connectivity index (χ3v) is 5.00. The molecule has 18 heavy (non-hydrogen) atoms. The molecule has 0 amide bonds. The van der Waals surface area contributed by atoms with Crippen molar-refractivity contribution in [2.24, 2.45) is 11.3 Å². The summed E-state index contributed by atoms with van der Waals surface area (Å²) in [6, 6.07) is 0. The molecule has 2 rings (SSSR count). The SMILES string of the molecule is CCCN1CCC2(CC1)CCN(CC(C)C)CC2. The fourth-order valence-corrected chi connectivity index (χ4v) is 3.79. The standard InChI is InChI=1S/C16H32N2/c1-4-9-17-10-5-16(6-11-17)7-12-18(13-8-16)14-15(2)3/h15H,4-14H2,1-3H3. The summed E-state index contributed by atoms with van der Waals surface area (Å²) >= 11 is 0. The fraction of sp³-hybridized carbons (Fsp3) is 1.00. The first-order valence-corrected chi connectivity index (χ1v) is 8.08. The van der Waals surface area contributed by atoms with Crippen molar-refractivity contribution in [3.8, 4) is 0 Å². The highest BCUT2D eigenvalue weighted by molar-refractivity contribution is 4.90. The van der Waals surface area contributed by atoms with Crippen molar-refractivity contribution in [3.05, 3.63) is 0 Å². The number of rotatable bonds is 4. The van der Waals surface area contributed by atoms with Gasteiger partial charge >= 0.3 is 0 Å². The lowest BCUT2D eigenvalue weighted by atomic mass is 9.71. The van der Waals surface area contributed by atoms with Crippen LogP contribution in [0.15, 0.2) is 0 Å². The Bertz CT molecular complexity index is 231. The van der Waals surface area contributed by atoms with Crippen molar-refractivity contribution in [1.29, 1.82) is 0 Å². The summed E-state index contributed by atoms with van der Waals surface area (Å²) in [4.78, 5) is 5.36. The summed E-state index contributed by atoms with van der Waals surface area (Å²) in [5, 5.41) is 0. The van der Waals surface area contributed by atoms with Crippen molar-refractivity contribution in [2.75, 3.05) is 39.3 Å². The summed E-state index contributed by atoms with van der Waals surface area (Å²) in [7, 11) is 0. The Balaban J connectivity index is 1.75. The summed E-state index contributed by atoms with van der Waals surface area (Å²) in [5.74, 6) is 0.824. The molecule has 0 aromatic heterocycles. The van der Waals surface area contributed by atoms with Crippen LogP contribution in [0.5, 0.6) is 0 Å². The van der Waals surface area contributed by atoms with E-state index in [1.165, 1.54) is 71.4 Å². The van der Waals surface area contributed by atoms with Gasteiger partial charge in [0.15, 0.2) is 0 Å². The van der Waals surface area contributed by atoms with Crippen LogP contribution in [0, 0.1) is 11.3 Å². The largest absolute Gasteiger partial charge is 0.303 e. The zero-order chi connectivity index (χ0) is 13.0. The van der Waals surface area contributed by atoms with Gasteiger partial charge in [0.05, 0.1) is 0 Å². The second kappa shape index (κ2) is 6.38. The van der Waals surface area contributed by atoms with E-state index in [-0.39, 0.29) is 0 Å². The van der Waals surface area contributed by atoms with E-state index in [0.717, 1.165) is 11.3 Å². The molecule has 2 saturated heterocycles. The van der Waals surface area contributed by atoms with Gasteiger partial charge < -0.3 is 9.80 Å². The van der Waals surface area contributed by atoms with Crippen molar-refractivity contribution in [1.82, 2.24) is 9.80 Å². The zero-order valence-corrected chi connectivity index (χ0v) is 12.7. The van der Waals surface area contributed by atoms with Crippen LogP contribution in [0.4, 0.5) is 0 Å². The molecule has 2 nitrogen and oxygen atoms in total. The lowest BCUT2D eigenvalue weighted by Crippen LogP contribution is -2.47. The Hall–Kier alpha value is -0.0800. The van der Waals surface area contributed by atoms with Crippen molar-refractivity contribution in [2.45, 2.75) is 52.9 Å². The first kappa shape index (κ1) is 14.3. The molecule has 2 fully saturated rings. The predicted molar refractivity (Wildman–Crippen MR) is 78.9 cm³/mol. The Morgan fingerprint density at radius 3 is 1.83 bits per heavy atom. The monoisotopic (exact) mass is 252 g/mol. The van der Waals surface area contributed by atoms with E-state index in [4.69, 9.17) is 0 Å². The van der Waals surface area contributed by atoms with Crippen LogP contribution in [0.25, 0.3) is 0 Å². The molecule has 1 spiro atoms. The maximum absolute atomic E-state index is 2.69. The van der Waals surface area contributed by atoms with E-state index in [0.29, 0.717) is 0 Å². The highest BCUT2D eigenvalue weighted by Gasteiger charge is 2.37. The van der Waals surface area contributed by atoms with Gasteiger partial charge in [0, 0.05) is 6.54 Å². The molecule has 2 heteroatoms. The van der Waals surface area contributed by atoms with Crippen LogP contribution in [0.1, 0.15) is 52.9 Å². The first-order valence-electron chi connectivity index (χ1n) is 8.08. The number of piperidine rings is 2. The predicted octanol–water partition coefficient (Wildman–Crippen LogP) is 3.23.